The van der Waals surface area contributed by atoms with Crippen molar-refractivity contribution in [2.24, 2.45) is 0 Å². The number of amides is 1. The van der Waals surface area contributed by atoms with Crippen LogP contribution in [-0.4, -0.2) is 27.8 Å². The van der Waals surface area contributed by atoms with Crippen molar-refractivity contribution >= 4 is 17.6 Å². The summed E-state index contributed by atoms with van der Waals surface area (Å²) in [6, 6.07) is 16.6. The predicted octanol–water partition coefficient (Wildman–Crippen LogP) is 3.91. The Morgan fingerprint density at radius 3 is 2.55 bits per heavy atom. The normalized spacial score (nSPS) is 11.5. The number of hydrogen-bond donors (Lipinski definition) is 1. The number of rotatable bonds is 6. The minimum atomic E-state index is -1.02. The van der Waals surface area contributed by atoms with E-state index in [9.17, 15) is 9.59 Å². The van der Waals surface area contributed by atoms with Crippen LogP contribution in [0.5, 0.6) is 0 Å². The first-order valence-corrected chi connectivity index (χ1v) is 9.90. The Morgan fingerprint density at radius 2 is 1.87 bits per heavy atom. The first kappa shape index (κ1) is 21.8. The van der Waals surface area contributed by atoms with Crippen molar-refractivity contribution < 1.29 is 14.3 Å². The molecule has 3 rings (SSSR count). The van der Waals surface area contributed by atoms with Gasteiger partial charge in [-0.15, -0.1) is 0 Å². The van der Waals surface area contributed by atoms with Gasteiger partial charge in [-0.05, 0) is 51.5 Å². The average Bonchev–Trinajstić information content (AvgIpc) is 3.02. The first-order valence-electron chi connectivity index (χ1n) is 9.90. The standard InChI is InChI=1S/C24H24N4O3/c1-15-8-10-19(11-9-15)14-28-17(3)22(16(2)27-28)24(30)31-18(4)23(29)26-21-7-5-6-20(12-21)13-25/h5-12,18H,14H2,1-4H3,(H,26,29)/t18-/m1/s1. The number of anilines is 1. The predicted molar refractivity (Wildman–Crippen MR) is 117 cm³/mol. The molecule has 3 aromatic rings. The van der Waals surface area contributed by atoms with E-state index in [1.165, 1.54) is 12.5 Å². The number of esters is 1. The zero-order chi connectivity index (χ0) is 22.5. The highest BCUT2D eigenvalue weighted by molar-refractivity contribution is 5.98. The number of carbonyl (C=O) groups excluding carboxylic acids is 2. The number of nitriles is 1. The van der Waals surface area contributed by atoms with E-state index in [4.69, 9.17) is 10.00 Å². The highest BCUT2D eigenvalue weighted by atomic mass is 16.5. The molecule has 0 unspecified atom stereocenters. The van der Waals surface area contributed by atoms with Crippen LogP contribution >= 0.6 is 0 Å². The fourth-order valence-corrected chi connectivity index (χ4v) is 3.20. The van der Waals surface area contributed by atoms with Gasteiger partial charge in [0.15, 0.2) is 6.10 Å². The molecule has 0 saturated carbocycles. The van der Waals surface area contributed by atoms with Crippen molar-refractivity contribution in [1.82, 2.24) is 9.78 Å². The monoisotopic (exact) mass is 416 g/mol. The van der Waals surface area contributed by atoms with Crippen molar-refractivity contribution in [3.8, 4) is 6.07 Å². The second-order valence-electron chi connectivity index (χ2n) is 7.42. The number of carbonyl (C=O) groups is 2. The summed E-state index contributed by atoms with van der Waals surface area (Å²) in [5, 5.41) is 16.1. The van der Waals surface area contributed by atoms with Crippen LogP contribution in [0.15, 0.2) is 48.5 Å². The van der Waals surface area contributed by atoms with Gasteiger partial charge >= 0.3 is 5.97 Å². The molecule has 0 saturated heterocycles. The van der Waals surface area contributed by atoms with E-state index >= 15 is 0 Å². The van der Waals surface area contributed by atoms with Crippen LogP contribution in [0.3, 0.4) is 0 Å². The lowest BCUT2D eigenvalue weighted by Crippen LogP contribution is -2.30. The van der Waals surface area contributed by atoms with E-state index in [-0.39, 0.29) is 0 Å². The molecule has 1 atom stereocenters. The molecule has 1 N–H and O–H groups in total. The van der Waals surface area contributed by atoms with Gasteiger partial charge in [-0.1, -0.05) is 35.9 Å². The molecule has 0 bridgehead atoms. The number of ether oxygens (including phenoxy) is 1. The Morgan fingerprint density at radius 1 is 1.16 bits per heavy atom. The van der Waals surface area contributed by atoms with Crippen molar-refractivity contribution in [2.45, 2.75) is 40.3 Å². The second kappa shape index (κ2) is 9.26. The Labute approximate surface area is 181 Å². The van der Waals surface area contributed by atoms with Gasteiger partial charge in [-0.2, -0.15) is 10.4 Å². The van der Waals surface area contributed by atoms with E-state index < -0.39 is 18.0 Å². The Hall–Kier alpha value is -3.92. The average molecular weight is 416 g/mol. The summed E-state index contributed by atoms with van der Waals surface area (Å²) >= 11 is 0. The van der Waals surface area contributed by atoms with Gasteiger partial charge in [0.2, 0.25) is 0 Å². The summed E-state index contributed by atoms with van der Waals surface area (Å²) in [6.07, 6.45) is -1.02. The van der Waals surface area contributed by atoms with E-state index in [1.807, 2.05) is 44.2 Å². The first-order chi connectivity index (χ1) is 14.8. The lowest BCUT2D eigenvalue weighted by atomic mass is 10.1. The summed E-state index contributed by atoms with van der Waals surface area (Å²) in [5.41, 5.74) is 4.72. The molecule has 0 fully saturated rings. The van der Waals surface area contributed by atoms with Gasteiger partial charge in [0.1, 0.15) is 5.56 Å². The number of aromatic nitrogens is 2. The van der Waals surface area contributed by atoms with Crippen LogP contribution in [0.1, 0.15) is 45.4 Å². The van der Waals surface area contributed by atoms with Crippen molar-refractivity contribution in [3.63, 3.8) is 0 Å². The Balaban J connectivity index is 1.69. The van der Waals surface area contributed by atoms with Gasteiger partial charge in [-0.25, -0.2) is 4.79 Å². The van der Waals surface area contributed by atoms with Gasteiger partial charge in [0.05, 0.1) is 29.6 Å². The Kier molecular flexibility index (Phi) is 6.51. The number of aryl methyl sites for hydroxylation is 2. The molecule has 2 aromatic carbocycles. The summed E-state index contributed by atoms with van der Waals surface area (Å²) < 4.78 is 7.16. The highest BCUT2D eigenvalue weighted by Gasteiger charge is 2.24. The number of nitrogens with zero attached hydrogens (tertiary/aromatic N) is 3. The molecule has 31 heavy (non-hydrogen) atoms. The zero-order valence-corrected chi connectivity index (χ0v) is 18.0. The van der Waals surface area contributed by atoms with Crippen LogP contribution < -0.4 is 5.32 Å². The van der Waals surface area contributed by atoms with Gasteiger partial charge in [0.25, 0.3) is 5.91 Å². The molecule has 1 aromatic heterocycles. The van der Waals surface area contributed by atoms with Gasteiger partial charge in [0, 0.05) is 5.69 Å². The van der Waals surface area contributed by atoms with E-state index in [0.717, 1.165) is 5.56 Å². The molecule has 158 valence electrons. The van der Waals surface area contributed by atoms with E-state index in [1.54, 1.807) is 35.9 Å². The minimum absolute atomic E-state index is 0.359. The SMILES string of the molecule is Cc1ccc(Cn2nc(C)c(C(=O)O[C@H](C)C(=O)Nc3cccc(C#N)c3)c2C)cc1. The molecule has 1 heterocycles. The largest absolute Gasteiger partial charge is 0.449 e. The summed E-state index contributed by atoms with van der Waals surface area (Å²) in [7, 11) is 0. The van der Waals surface area contributed by atoms with Gasteiger partial charge in [-0.3, -0.25) is 9.48 Å². The lowest BCUT2D eigenvalue weighted by molar-refractivity contribution is -0.123. The summed E-state index contributed by atoms with van der Waals surface area (Å²) in [4.78, 5) is 25.2. The molecule has 7 nitrogen and oxygen atoms in total. The maximum absolute atomic E-state index is 12.8. The molecule has 0 aliphatic carbocycles. The summed E-state index contributed by atoms with van der Waals surface area (Å²) in [6.45, 7) is 7.61. The fraction of sp³-hybridized carbons (Fsp3) is 0.250. The third-order valence-corrected chi connectivity index (χ3v) is 4.95. The van der Waals surface area contributed by atoms with Crippen LogP contribution in [-0.2, 0) is 16.1 Å². The van der Waals surface area contributed by atoms with Gasteiger partial charge < -0.3 is 10.1 Å². The van der Waals surface area contributed by atoms with Crippen molar-refractivity contribution in [1.29, 1.82) is 5.26 Å². The van der Waals surface area contributed by atoms with E-state index in [0.29, 0.717) is 34.7 Å². The molecule has 0 aliphatic heterocycles. The molecule has 1 amide bonds. The highest BCUT2D eigenvalue weighted by Crippen LogP contribution is 2.18. The quantitative estimate of drug-likeness (QED) is 0.615. The number of benzene rings is 2. The zero-order valence-electron chi connectivity index (χ0n) is 18.0. The van der Waals surface area contributed by atoms with Crippen LogP contribution in [0.4, 0.5) is 5.69 Å². The van der Waals surface area contributed by atoms with Crippen LogP contribution in [0.25, 0.3) is 0 Å². The Bertz CT molecular complexity index is 1160. The summed E-state index contributed by atoms with van der Waals surface area (Å²) in [5.74, 6) is -1.08. The number of hydrogen-bond acceptors (Lipinski definition) is 5. The third kappa shape index (κ3) is 5.17. The maximum Gasteiger partial charge on any atom is 0.342 e. The van der Waals surface area contributed by atoms with Crippen LogP contribution in [0.2, 0.25) is 0 Å². The van der Waals surface area contributed by atoms with Crippen molar-refractivity contribution in [2.75, 3.05) is 5.32 Å². The topological polar surface area (TPSA) is 97.0 Å². The molecule has 0 spiro atoms. The van der Waals surface area contributed by atoms with E-state index in [2.05, 4.69) is 10.4 Å². The molecular weight excluding hydrogens is 392 g/mol. The second-order valence-corrected chi connectivity index (χ2v) is 7.42. The number of nitrogens with one attached hydrogen (secondary N) is 1. The molecule has 0 radical (unpaired) electrons. The van der Waals surface area contributed by atoms with Crippen LogP contribution in [0, 0.1) is 32.1 Å². The molecule has 0 aliphatic rings. The third-order valence-electron chi connectivity index (χ3n) is 4.95. The molecule has 7 heteroatoms. The molecular formula is C24H24N4O3. The van der Waals surface area contributed by atoms with Crippen molar-refractivity contribution in [3.05, 3.63) is 82.2 Å². The minimum Gasteiger partial charge on any atom is -0.449 e. The smallest absolute Gasteiger partial charge is 0.342 e. The fourth-order valence-electron chi connectivity index (χ4n) is 3.20. The maximum atomic E-state index is 12.8. The lowest BCUT2D eigenvalue weighted by Gasteiger charge is -2.14.